The van der Waals surface area contributed by atoms with E-state index in [2.05, 4.69) is 22.6 Å². The number of carbonyl (C=O) groups excluding carboxylic acids is 1. The van der Waals surface area contributed by atoms with Gasteiger partial charge in [-0.2, -0.15) is 0 Å². The van der Waals surface area contributed by atoms with Gasteiger partial charge in [0.15, 0.2) is 0 Å². The molecule has 1 aromatic rings. The first-order valence-corrected chi connectivity index (χ1v) is 8.87. The molecule has 0 unspecified atom stereocenters. The second-order valence-electron chi connectivity index (χ2n) is 6.37. The fraction of sp³-hybridized carbons (Fsp3) is 0.444. The number of carboxylic acids is 1. The van der Waals surface area contributed by atoms with Crippen LogP contribution in [0.15, 0.2) is 36.4 Å². The van der Waals surface area contributed by atoms with Crippen molar-refractivity contribution < 1.29 is 19.4 Å². The summed E-state index contributed by atoms with van der Waals surface area (Å²) in [5.74, 6) is -0.988. The number of amides is 1. The Balaban J connectivity index is 2.66. The molecule has 0 aliphatic heterocycles. The van der Waals surface area contributed by atoms with Gasteiger partial charge in [0.2, 0.25) is 0 Å². The Bertz CT molecular complexity index is 576. The predicted molar refractivity (Wildman–Crippen MR) is 102 cm³/mol. The summed E-state index contributed by atoms with van der Waals surface area (Å²) in [6, 6.07) is 8.14. The number of hydrogen-bond acceptors (Lipinski definition) is 3. The average molecular weight is 445 g/mol. The standard InChI is InChI=1S/C18H24INO4/c1-18(2,3)24-17(23)20(12-5-4-6-16(21)22)13-11-14-7-9-15(19)10-8-14/h4,6-10H,5,11-13H2,1-3H3,(H,21,22). The van der Waals surface area contributed by atoms with Crippen LogP contribution in [0.1, 0.15) is 32.8 Å². The molecule has 0 atom stereocenters. The highest BCUT2D eigenvalue weighted by Gasteiger charge is 2.21. The van der Waals surface area contributed by atoms with Crippen LogP contribution in [0.4, 0.5) is 4.79 Å². The molecule has 1 aromatic carbocycles. The van der Waals surface area contributed by atoms with Crippen molar-refractivity contribution >= 4 is 34.7 Å². The van der Waals surface area contributed by atoms with Crippen molar-refractivity contribution in [2.45, 2.75) is 39.2 Å². The van der Waals surface area contributed by atoms with E-state index in [0.29, 0.717) is 19.5 Å². The van der Waals surface area contributed by atoms with Gasteiger partial charge in [-0.15, -0.1) is 0 Å². The Hall–Kier alpha value is -1.57. The number of carbonyl (C=O) groups is 2. The van der Waals surface area contributed by atoms with Crippen LogP contribution in [0.3, 0.4) is 0 Å². The van der Waals surface area contributed by atoms with E-state index in [1.165, 1.54) is 3.57 Å². The molecule has 0 radical (unpaired) electrons. The number of halogens is 1. The number of nitrogens with zero attached hydrogens (tertiary/aromatic N) is 1. The molecule has 0 spiro atoms. The lowest BCUT2D eigenvalue weighted by atomic mass is 10.1. The topological polar surface area (TPSA) is 66.8 Å². The van der Waals surface area contributed by atoms with Gasteiger partial charge >= 0.3 is 12.1 Å². The molecule has 0 bridgehead atoms. The Morgan fingerprint density at radius 2 is 1.83 bits per heavy atom. The summed E-state index contributed by atoms with van der Waals surface area (Å²) >= 11 is 2.25. The normalized spacial score (nSPS) is 11.5. The van der Waals surface area contributed by atoms with Crippen molar-refractivity contribution in [3.63, 3.8) is 0 Å². The molecular weight excluding hydrogens is 421 g/mol. The minimum Gasteiger partial charge on any atom is -0.478 e. The van der Waals surface area contributed by atoms with Crippen LogP contribution in [0.2, 0.25) is 0 Å². The molecule has 1 amide bonds. The van der Waals surface area contributed by atoms with Crippen LogP contribution in [0.25, 0.3) is 0 Å². The van der Waals surface area contributed by atoms with Gasteiger partial charge in [-0.3, -0.25) is 0 Å². The minimum atomic E-state index is -0.988. The maximum Gasteiger partial charge on any atom is 0.410 e. The van der Waals surface area contributed by atoms with E-state index in [1.54, 1.807) is 11.0 Å². The van der Waals surface area contributed by atoms with Crippen LogP contribution >= 0.6 is 22.6 Å². The Labute approximate surface area is 156 Å². The van der Waals surface area contributed by atoms with Crippen LogP contribution in [-0.2, 0) is 16.0 Å². The van der Waals surface area contributed by atoms with E-state index in [0.717, 1.165) is 18.1 Å². The van der Waals surface area contributed by atoms with Gasteiger partial charge in [-0.25, -0.2) is 9.59 Å². The van der Waals surface area contributed by atoms with Gasteiger partial charge in [0.25, 0.3) is 0 Å². The van der Waals surface area contributed by atoms with Gasteiger partial charge in [0.05, 0.1) is 0 Å². The van der Waals surface area contributed by atoms with E-state index < -0.39 is 11.6 Å². The zero-order valence-corrected chi connectivity index (χ0v) is 16.4. The summed E-state index contributed by atoms with van der Waals surface area (Å²) in [6.45, 7) is 6.42. The van der Waals surface area contributed by atoms with Crippen LogP contribution in [0, 0.1) is 3.57 Å². The number of aliphatic carboxylic acids is 1. The van der Waals surface area contributed by atoms with Crippen molar-refractivity contribution in [2.75, 3.05) is 13.1 Å². The summed E-state index contributed by atoms with van der Waals surface area (Å²) in [5, 5.41) is 8.62. The van der Waals surface area contributed by atoms with E-state index in [9.17, 15) is 9.59 Å². The molecule has 0 aromatic heterocycles. The van der Waals surface area contributed by atoms with Crippen molar-refractivity contribution in [2.24, 2.45) is 0 Å². The van der Waals surface area contributed by atoms with Crippen molar-refractivity contribution in [1.29, 1.82) is 0 Å². The summed E-state index contributed by atoms with van der Waals surface area (Å²) in [4.78, 5) is 24.5. The molecule has 24 heavy (non-hydrogen) atoms. The zero-order chi connectivity index (χ0) is 18.2. The fourth-order valence-electron chi connectivity index (χ4n) is 1.95. The van der Waals surface area contributed by atoms with E-state index >= 15 is 0 Å². The Morgan fingerprint density at radius 3 is 2.38 bits per heavy atom. The quantitative estimate of drug-likeness (QED) is 0.507. The third-order valence-corrected chi connectivity index (χ3v) is 3.78. The summed E-state index contributed by atoms with van der Waals surface area (Å²) < 4.78 is 6.60. The molecule has 5 nitrogen and oxygen atoms in total. The van der Waals surface area contributed by atoms with Crippen molar-refractivity contribution in [3.05, 3.63) is 45.6 Å². The molecule has 0 aliphatic carbocycles. The molecule has 0 aliphatic rings. The molecule has 0 saturated heterocycles. The minimum absolute atomic E-state index is 0.378. The molecule has 1 N–H and O–H groups in total. The smallest absolute Gasteiger partial charge is 0.410 e. The first-order chi connectivity index (χ1) is 11.2. The number of carboxylic acid groups (broad SMARTS) is 1. The molecule has 6 heteroatoms. The highest BCUT2D eigenvalue weighted by atomic mass is 127. The number of ether oxygens (including phenoxy) is 1. The lowest BCUT2D eigenvalue weighted by molar-refractivity contribution is -0.131. The Kier molecular flexibility index (Phi) is 8.24. The largest absolute Gasteiger partial charge is 0.478 e. The summed E-state index contributed by atoms with van der Waals surface area (Å²) in [7, 11) is 0. The van der Waals surface area contributed by atoms with Crippen LogP contribution < -0.4 is 0 Å². The monoisotopic (exact) mass is 445 g/mol. The number of hydrogen-bond donors (Lipinski definition) is 1. The molecule has 1 rings (SSSR count). The highest BCUT2D eigenvalue weighted by Crippen LogP contribution is 2.12. The molecular formula is C18H24INO4. The summed E-state index contributed by atoms with van der Waals surface area (Å²) in [5.41, 5.74) is 0.583. The van der Waals surface area contributed by atoms with Gasteiger partial charge in [-0.05, 0) is 73.9 Å². The average Bonchev–Trinajstić information content (AvgIpc) is 2.46. The predicted octanol–water partition coefficient (Wildman–Crippen LogP) is 4.10. The van der Waals surface area contributed by atoms with Crippen LogP contribution in [0.5, 0.6) is 0 Å². The third kappa shape index (κ3) is 8.90. The maximum absolute atomic E-state index is 12.3. The number of rotatable bonds is 7. The molecule has 0 saturated carbocycles. The summed E-state index contributed by atoms with van der Waals surface area (Å²) in [6.07, 6.45) is 3.45. The van der Waals surface area contributed by atoms with E-state index in [1.807, 2.05) is 45.0 Å². The lowest BCUT2D eigenvalue weighted by Gasteiger charge is -2.27. The van der Waals surface area contributed by atoms with Gasteiger partial charge in [-0.1, -0.05) is 18.2 Å². The van der Waals surface area contributed by atoms with Gasteiger partial charge in [0.1, 0.15) is 5.60 Å². The number of benzene rings is 1. The van der Waals surface area contributed by atoms with E-state index in [-0.39, 0.29) is 6.09 Å². The van der Waals surface area contributed by atoms with Gasteiger partial charge < -0.3 is 14.7 Å². The maximum atomic E-state index is 12.3. The SMILES string of the molecule is CC(C)(C)OC(=O)N(CCC=CC(=O)O)CCc1ccc(I)cc1. The van der Waals surface area contributed by atoms with E-state index in [4.69, 9.17) is 9.84 Å². The molecule has 0 heterocycles. The molecule has 0 fully saturated rings. The van der Waals surface area contributed by atoms with Crippen LogP contribution in [-0.4, -0.2) is 40.8 Å². The first-order valence-electron chi connectivity index (χ1n) is 7.79. The highest BCUT2D eigenvalue weighted by molar-refractivity contribution is 14.1. The third-order valence-electron chi connectivity index (χ3n) is 3.06. The first kappa shape index (κ1) is 20.5. The second kappa shape index (κ2) is 9.66. The lowest BCUT2D eigenvalue weighted by Crippen LogP contribution is -2.38. The Morgan fingerprint density at radius 1 is 1.21 bits per heavy atom. The molecule has 132 valence electrons. The van der Waals surface area contributed by atoms with Crippen molar-refractivity contribution in [1.82, 2.24) is 4.90 Å². The van der Waals surface area contributed by atoms with Crippen molar-refractivity contribution in [3.8, 4) is 0 Å². The van der Waals surface area contributed by atoms with Gasteiger partial charge in [0, 0.05) is 22.7 Å². The second-order valence-corrected chi connectivity index (χ2v) is 7.62. The zero-order valence-electron chi connectivity index (χ0n) is 14.3. The fourth-order valence-corrected chi connectivity index (χ4v) is 2.31.